The van der Waals surface area contributed by atoms with Crippen LogP contribution in [0.2, 0.25) is 0 Å². The van der Waals surface area contributed by atoms with E-state index in [0.29, 0.717) is 11.3 Å². The monoisotopic (exact) mass is 344 g/mol. The quantitative estimate of drug-likeness (QED) is 0.617. The van der Waals surface area contributed by atoms with Crippen molar-refractivity contribution >= 4 is 11.6 Å². The SMILES string of the molecule is Cn1ccnc1-c1nccn1-c1ccc(NC(=O)c2cccnc2)cc1. The molecule has 7 heteroatoms. The normalized spacial score (nSPS) is 10.7. The first kappa shape index (κ1) is 15.8. The highest BCUT2D eigenvalue weighted by Crippen LogP contribution is 2.21. The van der Waals surface area contributed by atoms with Gasteiger partial charge in [-0.1, -0.05) is 0 Å². The van der Waals surface area contributed by atoms with E-state index in [0.717, 1.165) is 17.3 Å². The van der Waals surface area contributed by atoms with E-state index in [1.165, 1.54) is 6.20 Å². The minimum atomic E-state index is -0.192. The number of nitrogens with zero attached hydrogens (tertiary/aromatic N) is 5. The fourth-order valence-electron chi connectivity index (χ4n) is 2.66. The van der Waals surface area contributed by atoms with Gasteiger partial charge in [-0.2, -0.15) is 0 Å². The van der Waals surface area contributed by atoms with E-state index in [1.54, 1.807) is 30.7 Å². The molecule has 0 aliphatic carbocycles. The van der Waals surface area contributed by atoms with Gasteiger partial charge in [0.05, 0.1) is 5.56 Å². The van der Waals surface area contributed by atoms with Gasteiger partial charge in [0.25, 0.3) is 5.91 Å². The largest absolute Gasteiger partial charge is 0.331 e. The van der Waals surface area contributed by atoms with E-state index >= 15 is 0 Å². The molecule has 128 valence electrons. The zero-order valence-corrected chi connectivity index (χ0v) is 14.1. The summed E-state index contributed by atoms with van der Waals surface area (Å²) >= 11 is 0. The van der Waals surface area contributed by atoms with Gasteiger partial charge >= 0.3 is 0 Å². The zero-order chi connectivity index (χ0) is 17.9. The van der Waals surface area contributed by atoms with Crippen LogP contribution in [0.3, 0.4) is 0 Å². The van der Waals surface area contributed by atoms with Crippen LogP contribution in [0.15, 0.2) is 73.6 Å². The minimum Gasteiger partial charge on any atom is -0.331 e. The molecule has 26 heavy (non-hydrogen) atoms. The summed E-state index contributed by atoms with van der Waals surface area (Å²) in [5, 5.41) is 2.86. The molecule has 4 aromatic rings. The van der Waals surface area contributed by atoms with Gasteiger partial charge in [-0.15, -0.1) is 0 Å². The molecule has 0 saturated heterocycles. The lowest BCUT2D eigenvalue weighted by atomic mass is 10.2. The van der Waals surface area contributed by atoms with Crippen molar-refractivity contribution in [3.05, 3.63) is 79.1 Å². The van der Waals surface area contributed by atoms with E-state index in [-0.39, 0.29) is 5.91 Å². The number of carbonyl (C=O) groups excluding carboxylic acids is 1. The van der Waals surface area contributed by atoms with Crippen molar-refractivity contribution in [1.82, 2.24) is 24.1 Å². The lowest BCUT2D eigenvalue weighted by Crippen LogP contribution is -2.12. The highest BCUT2D eigenvalue weighted by Gasteiger charge is 2.12. The summed E-state index contributed by atoms with van der Waals surface area (Å²) in [6, 6.07) is 11.0. The third kappa shape index (κ3) is 2.98. The number of nitrogens with one attached hydrogen (secondary N) is 1. The number of imidazole rings is 2. The molecule has 0 bridgehead atoms. The zero-order valence-electron chi connectivity index (χ0n) is 14.1. The molecule has 0 saturated carbocycles. The topological polar surface area (TPSA) is 77.6 Å². The number of pyridine rings is 1. The van der Waals surface area contributed by atoms with E-state index in [4.69, 9.17) is 0 Å². The summed E-state index contributed by atoms with van der Waals surface area (Å²) in [4.78, 5) is 24.9. The molecule has 0 unspecified atom stereocenters. The van der Waals surface area contributed by atoms with E-state index < -0.39 is 0 Å². The van der Waals surface area contributed by atoms with Gasteiger partial charge in [0.2, 0.25) is 0 Å². The molecule has 0 radical (unpaired) electrons. The molecule has 7 nitrogen and oxygen atoms in total. The molecule has 0 aliphatic heterocycles. The Morgan fingerprint density at radius 3 is 2.42 bits per heavy atom. The maximum Gasteiger partial charge on any atom is 0.257 e. The average Bonchev–Trinajstić information content (AvgIpc) is 3.31. The van der Waals surface area contributed by atoms with Crippen LogP contribution in [-0.4, -0.2) is 30.0 Å². The maximum absolute atomic E-state index is 12.2. The van der Waals surface area contributed by atoms with Crippen molar-refractivity contribution in [2.24, 2.45) is 7.05 Å². The highest BCUT2D eigenvalue weighted by atomic mass is 16.1. The van der Waals surface area contributed by atoms with Gasteiger partial charge < -0.3 is 9.88 Å². The second-order valence-electron chi connectivity index (χ2n) is 5.73. The Labute approximate surface area is 150 Å². The Bertz CT molecular complexity index is 1030. The van der Waals surface area contributed by atoms with Gasteiger partial charge in [0, 0.05) is 55.6 Å². The third-order valence-electron chi connectivity index (χ3n) is 3.99. The summed E-state index contributed by atoms with van der Waals surface area (Å²) in [5.41, 5.74) is 2.16. The molecular formula is C19H16N6O. The molecule has 4 rings (SSSR count). The van der Waals surface area contributed by atoms with Gasteiger partial charge in [-0.3, -0.25) is 14.3 Å². The summed E-state index contributed by atoms with van der Waals surface area (Å²) < 4.78 is 3.87. The number of rotatable bonds is 4. The first-order chi connectivity index (χ1) is 12.7. The number of carbonyl (C=O) groups is 1. The molecular weight excluding hydrogens is 328 g/mol. The van der Waals surface area contributed by atoms with Crippen molar-refractivity contribution in [2.75, 3.05) is 5.32 Å². The molecule has 0 fully saturated rings. The lowest BCUT2D eigenvalue weighted by molar-refractivity contribution is 0.102. The Morgan fingerprint density at radius 2 is 1.73 bits per heavy atom. The Morgan fingerprint density at radius 1 is 0.962 bits per heavy atom. The molecule has 1 aromatic carbocycles. The summed E-state index contributed by atoms with van der Waals surface area (Å²) in [7, 11) is 1.93. The second kappa shape index (κ2) is 6.64. The van der Waals surface area contributed by atoms with Crippen LogP contribution in [0, 0.1) is 0 Å². The minimum absolute atomic E-state index is 0.192. The Kier molecular flexibility index (Phi) is 4.03. The summed E-state index contributed by atoms with van der Waals surface area (Å²) in [5.74, 6) is 1.34. The van der Waals surface area contributed by atoms with E-state index in [9.17, 15) is 4.79 Å². The van der Waals surface area contributed by atoms with Crippen molar-refractivity contribution in [3.63, 3.8) is 0 Å². The number of hydrogen-bond donors (Lipinski definition) is 1. The lowest BCUT2D eigenvalue weighted by Gasteiger charge is -2.10. The predicted octanol–water partition coefficient (Wildman–Crippen LogP) is 2.92. The predicted molar refractivity (Wildman–Crippen MR) is 98.0 cm³/mol. The Hall–Kier alpha value is -3.74. The van der Waals surface area contributed by atoms with Gasteiger partial charge in [-0.25, -0.2) is 9.97 Å². The van der Waals surface area contributed by atoms with Crippen molar-refractivity contribution in [1.29, 1.82) is 0 Å². The van der Waals surface area contributed by atoms with Crippen LogP contribution in [-0.2, 0) is 7.05 Å². The molecule has 0 aliphatic rings. The standard InChI is InChI=1S/C19H16N6O/c1-24-11-9-21-17(24)18-22-10-12-25(18)16-6-4-15(5-7-16)23-19(26)14-3-2-8-20-13-14/h2-13H,1H3,(H,23,26). The number of anilines is 1. The van der Waals surface area contributed by atoms with E-state index in [2.05, 4.69) is 20.3 Å². The number of benzene rings is 1. The van der Waals surface area contributed by atoms with Crippen LogP contribution >= 0.6 is 0 Å². The molecule has 0 atom stereocenters. The maximum atomic E-state index is 12.2. The number of amides is 1. The van der Waals surface area contributed by atoms with E-state index in [1.807, 2.05) is 52.8 Å². The fraction of sp³-hybridized carbons (Fsp3) is 0.0526. The second-order valence-corrected chi connectivity index (χ2v) is 5.73. The molecule has 3 aromatic heterocycles. The highest BCUT2D eigenvalue weighted by molar-refractivity contribution is 6.04. The molecule has 3 heterocycles. The fourth-order valence-corrected chi connectivity index (χ4v) is 2.66. The number of aryl methyl sites for hydroxylation is 1. The van der Waals surface area contributed by atoms with Gasteiger partial charge in [0.15, 0.2) is 11.6 Å². The van der Waals surface area contributed by atoms with Gasteiger partial charge in [0.1, 0.15) is 0 Å². The van der Waals surface area contributed by atoms with Crippen LogP contribution < -0.4 is 5.32 Å². The third-order valence-corrected chi connectivity index (χ3v) is 3.99. The van der Waals surface area contributed by atoms with Crippen LogP contribution in [0.25, 0.3) is 17.3 Å². The van der Waals surface area contributed by atoms with Crippen molar-refractivity contribution in [2.45, 2.75) is 0 Å². The molecule has 0 spiro atoms. The molecule has 1 amide bonds. The molecule has 1 N–H and O–H groups in total. The number of aromatic nitrogens is 5. The van der Waals surface area contributed by atoms with Crippen LogP contribution in [0.4, 0.5) is 5.69 Å². The Balaban J connectivity index is 1.57. The van der Waals surface area contributed by atoms with Gasteiger partial charge in [-0.05, 0) is 36.4 Å². The van der Waals surface area contributed by atoms with Crippen molar-refractivity contribution in [3.8, 4) is 17.3 Å². The summed E-state index contributed by atoms with van der Waals surface area (Å²) in [6.07, 6.45) is 10.4. The summed E-state index contributed by atoms with van der Waals surface area (Å²) in [6.45, 7) is 0. The first-order valence-electron chi connectivity index (χ1n) is 8.05. The smallest absolute Gasteiger partial charge is 0.257 e. The first-order valence-corrected chi connectivity index (χ1v) is 8.05. The van der Waals surface area contributed by atoms with Crippen LogP contribution in [0.1, 0.15) is 10.4 Å². The number of hydrogen-bond acceptors (Lipinski definition) is 4. The van der Waals surface area contributed by atoms with Crippen molar-refractivity contribution < 1.29 is 4.79 Å². The average molecular weight is 344 g/mol. The van der Waals surface area contributed by atoms with Crippen LogP contribution in [0.5, 0.6) is 0 Å².